The fourth-order valence-corrected chi connectivity index (χ4v) is 3.40. The molecule has 9 heteroatoms. The maximum Gasteiger partial charge on any atom is 0.442 e. The van der Waals surface area contributed by atoms with Gasteiger partial charge in [0.25, 0.3) is 5.89 Å². The van der Waals surface area contributed by atoms with Crippen molar-refractivity contribution in [3.63, 3.8) is 0 Å². The number of aromatic nitrogens is 5. The molecule has 154 valence electrons. The summed E-state index contributed by atoms with van der Waals surface area (Å²) >= 11 is 0. The van der Waals surface area contributed by atoms with E-state index in [2.05, 4.69) is 20.5 Å². The van der Waals surface area contributed by atoms with Gasteiger partial charge in [-0.15, -0.1) is 10.2 Å². The van der Waals surface area contributed by atoms with Gasteiger partial charge in [-0.2, -0.15) is 0 Å². The van der Waals surface area contributed by atoms with Crippen LogP contribution in [0.4, 0.5) is 0 Å². The summed E-state index contributed by atoms with van der Waals surface area (Å²) in [6.45, 7) is 3.73. The van der Waals surface area contributed by atoms with Gasteiger partial charge in [-0.3, -0.25) is 4.52 Å². The van der Waals surface area contributed by atoms with E-state index in [1.807, 2.05) is 61.5 Å². The van der Waals surface area contributed by atoms with Crippen LogP contribution in [0.25, 0.3) is 34.1 Å². The zero-order valence-corrected chi connectivity index (χ0v) is 16.8. The van der Waals surface area contributed by atoms with Crippen LogP contribution in [0.1, 0.15) is 17.2 Å². The molecule has 2 aromatic carbocycles. The van der Waals surface area contributed by atoms with Gasteiger partial charge in [0.2, 0.25) is 5.89 Å². The van der Waals surface area contributed by atoms with E-state index in [0.717, 1.165) is 16.7 Å². The van der Waals surface area contributed by atoms with Crippen LogP contribution in [0.2, 0.25) is 0 Å². The first-order chi connectivity index (χ1) is 15.1. The maximum atomic E-state index is 12.3. The summed E-state index contributed by atoms with van der Waals surface area (Å²) in [4.78, 5) is 12.3. The smallest absolute Gasteiger partial charge is 0.419 e. The number of hydrogen-bond donors (Lipinski definition) is 0. The monoisotopic (exact) mass is 415 g/mol. The highest BCUT2D eigenvalue weighted by Gasteiger charge is 2.23. The molecule has 0 N–H and O–H groups in total. The van der Waals surface area contributed by atoms with E-state index >= 15 is 0 Å². The number of benzene rings is 2. The van der Waals surface area contributed by atoms with Gasteiger partial charge >= 0.3 is 5.76 Å². The third-order valence-corrected chi connectivity index (χ3v) is 4.96. The lowest BCUT2D eigenvalue weighted by Gasteiger charge is -2.04. The number of rotatable bonds is 5. The Balaban J connectivity index is 1.51. The van der Waals surface area contributed by atoms with E-state index in [0.29, 0.717) is 22.8 Å². The van der Waals surface area contributed by atoms with Crippen molar-refractivity contribution in [1.82, 2.24) is 25.1 Å². The van der Waals surface area contributed by atoms with E-state index in [9.17, 15) is 4.79 Å². The normalized spacial score (nSPS) is 11.2. The van der Waals surface area contributed by atoms with Crippen molar-refractivity contribution < 1.29 is 13.5 Å². The Labute approximate surface area is 175 Å². The zero-order valence-electron chi connectivity index (χ0n) is 16.8. The molecule has 0 atom stereocenters. The van der Waals surface area contributed by atoms with Crippen molar-refractivity contribution in [3.8, 4) is 34.1 Å². The van der Waals surface area contributed by atoms with E-state index < -0.39 is 5.76 Å². The van der Waals surface area contributed by atoms with Gasteiger partial charge in [0.05, 0.1) is 0 Å². The highest BCUT2D eigenvalue weighted by molar-refractivity contribution is 5.77. The van der Waals surface area contributed by atoms with Gasteiger partial charge in [0.15, 0.2) is 5.82 Å². The Morgan fingerprint density at radius 2 is 1.68 bits per heavy atom. The van der Waals surface area contributed by atoms with Crippen LogP contribution in [0.5, 0.6) is 0 Å². The number of nitrogens with zero attached hydrogens (tertiary/aromatic N) is 5. The molecule has 0 amide bonds. The van der Waals surface area contributed by atoms with Gasteiger partial charge in [-0.25, -0.2) is 9.36 Å². The Morgan fingerprint density at radius 1 is 0.903 bits per heavy atom. The Morgan fingerprint density at radius 3 is 2.48 bits per heavy atom. The molecule has 0 spiro atoms. The zero-order chi connectivity index (χ0) is 21.4. The second-order valence-corrected chi connectivity index (χ2v) is 7.00. The average molecular weight is 415 g/mol. The lowest BCUT2D eigenvalue weighted by Crippen LogP contribution is -2.16. The van der Waals surface area contributed by atoms with Crippen LogP contribution < -0.4 is 5.76 Å². The lowest BCUT2D eigenvalue weighted by molar-refractivity contribution is 0.373. The number of hydrogen-bond acceptors (Lipinski definition) is 8. The minimum atomic E-state index is -0.607. The summed E-state index contributed by atoms with van der Waals surface area (Å²) < 4.78 is 17.5. The van der Waals surface area contributed by atoms with Crippen LogP contribution in [-0.4, -0.2) is 25.1 Å². The first-order valence-electron chi connectivity index (χ1n) is 9.59. The van der Waals surface area contributed by atoms with Gasteiger partial charge in [-0.1, -0.05) is 64.9 Å². The molecule has 0 fully saturated rings. The molecule has 0 bridgehead atoms. The van der Waals surface area contributed by atoms with Crippen LogP contribution in [0.15, 0.2) is 72.9 Å². The second-order valence-electron chi connectivity index (χ2n) is 7.00. The Kier molecular flexibility index (Phi) is 4.55. The first kappa shape index (κ1) is 18.7. The SMILES string of the molecule is Cc1ccccc1-c1noc(=O)n1Cc1nnc(-c2c(-c3ccccc3)noc2C)o1. The summed E-state index contributed by atoms with van der Waals surface area (Å²) in [5.74, 6) is 0.833. The van der Waals surface area contributed by atoms with E-state index in [-0.39, 0.29) is 18.3 Å². The summed E-state index contributed by atoms with van der Waals surface area (Å²) in [6, 6.07) is 17.2. The highest BCUT2D eigenvalue weighted by atomic mass is 16.5. The van der Waals surface area contributed by atoms with Crippen molar-refractivity contribution in [2.75, 3.05) is 0 Å². The van der Waals surface area contributed by atoms with Gasteiger partial charge in [0.1, 0.15) is 23.6 Å². The van der Waals surface area contributed by atoms with Crippen molar-refractivity contribution >= 4 is 0 Å². The van der Waals surface area contributed by atoms with Crippen molar-refractivity contribution in [1.29, 1.82) is 0 Å². The molecular weight excluding hydrogens is 398 g/mol. The minimum Gasteiger partial charge on any atom is -0.419 e. The molecular formula is C22H17N5O4. The van der Waals surface area contributed by atoms with Crippen LogP contribution in [0, 0.1) is 13.8 Å². The highest BCUT2D eigenvalue weighted by Crippen LogP contribution is 2.33. The average Bonchev–Trinajstić information content (AvgIpc) is 3.49. The predicted octanol–water partition coefficient (Wildman–Crippen LogP) is 3.87. The topological polar surface area (TPSA) is 113 Å². The molecule has 0 aliphatic carbocycles. The van der Waals surface area contributed by atoms with Crippen LogP contribution in [0.3, 0.4) is 0 Å². The number of aryl methyl sites for hydroxylation is 2. The molecule has 5 aromatic rings. The summed E-state index contributed by atoms with van der Waals surface area (Å²) in [7, 11) is 0. The molecule has 31 heavy (non-hydrogen) atoms. The third kappa shape index (κ3) is 3.35. The fraction of sp³-hybridized carbons (Fsp3) is 0.136. The fourth-order valence-electron chi connectivity index (χ4n) is 3.40. The van der Waals surface area contributed by atoms with E-state index in [4.69, 9.17) is 13.5 Å². The Hall–Kier alpha value is -4.27. The van der Waals surface area contributed by atoms with Crippen molar-refractivity contribution in [2.45, 2.75) is 20.4 Å². The summed E-state index contributed by atoms with van der Waals surface area (Å²) in [5.41, 5.74) is 3.83. The Bertz CT molecular complexity index is 1410. The van der Waals surface area contributed by atoms with Crippen molar-refractivity contribution in [2.24, 2.45) is 0 Å². The summed E-state index contributed by atoms with van der Waals surface area (Å²) in [6.07, 6.45) is 0. The molecule has 0 unspecified atom stereocenters. The van der Waals surface area contributed by atoms with Gasteiger partial charge < -0.3 is 8.94 Å². The largest absolute Gasteiger partial charge is 0.442 e. The van der Waals surface area contributed by atoms with Gasteiger partial charge in [-0.05, 0) is 19.4 Å². The predicted molar refractivity (Wildman–Crippen MR) is 110 cm³/mol. The molecule has 0 radical (unpaired) electrons. The molecule has 3 heterocycles. The van der Waals surface area contributed by atoms with Crippen LogP contribution in [-0.2, 0) is 6.54 Å². The van der Waals surface area contributed by atoms with Gasteiger partial charge in [0, 0.05) is 11.1 Å². The second kappa shape index (κ2) is 7.52. The summed E-state index contributed by atoms with van der Waals surface area (Å²) in [5, 5.41) is 16.3. The lowest BCUT2D eigenvalue weighted by atomic mass is 10.1. The molecule has 0 saturated carbocycles. The quantitative estimate of drug-likeness (QED) is 0.425. The molecule has 0 aliphatic heterocycles. The first-order valence-corrected chi connectivity index (χ1v) is 9.59. The third-order valence-electron chi connectivity index (χ3n) is 4.96. The molecule has 0 aliphatic rings. The molecule has 5 rings (SSSR count). The minimum absolute atomic E-state index is 0.0179. The van der Waals surface area contributed by atoms with Crippen molar-refractivity contribution in [3.05, 3.63) is 82.4 Å². The van der Waals surface area contributed by atoms with E-state index in [1.165, 1.54) is 4.57 Å². The van der Waals surface area contributed by atoms with Crippen LogP contribution >= 0.6 is 0 Å². The molecule has 0 saturated heterocycles. The standard InChI is InChI=1S/C22H17N5O4/c1-13-8-6-7-11-16(13)20-26-31-22(28)27(20)12-17-23-24-21(29-17)18-14(2)30-25-19(18)15-9-4-3-5-10-15/h3-11H,12H2,1-2H3. The maximum absolute atomic E-state index is 12.3. The molecule has 9 nitrogen and oxygen atoms in total. The van der Waals surface area contributed by atoms with E-state index in [1.54, 1.807) is 6.92 Å². The molecule has 3 aromatic heterocycles.